The molecule has 0 saturated heterocycles. The molecule has 0 bridgehead atoms. The maximum Gasteiger partial charge on any atom is 0.307 e. The van der Waals surface area contributed by atoms with Crippen LogP contribution in [-0.2, 0) is 14.3 Å². The van der Waals surface area contributed by atoms with Crippen LogP contribution in [0.1, 0.15) is 16.9 Å². The predicted molar refractivity (Wildman–Crippen MR) is 69.3 cm³/mol. The molecule has 1 aromatic heterocycles. The van der Waals surface area contributed by atoms with Crippen LogP contribution in [0.2, 0.25) is 0 Å². The lowest BCUT2D eigenvalue weighted by Crippen LogP contribution is -2.36. The van der Waals surface area contributed by atoms with E-state index < -0.39 is 5.97 Å². The second kappa shape index (κ2) is 8.05. The minimum Gasteiger partial charge on any atom is -0.469 e. The summed E-state index contributed by atoms with van der Waals surface area (Å²) in [5.41, 5.74) is -0.287. The van der Waals surface area contributed by atoms with Crippen molar-refractivity contribution >= 4 is 11.9 Å². The molecule has 0 unspecified atom stereocenters. The Labute approximate surface area is 115 Å². The van der Waals surface area contributed by atoms with Crippen molar-refractivity contribution in [2.24, 2.45) is 0 Å². The van der Waals surface area contributed by atoms with Crippen molar-refractivity contribution in [2.45, 2.75) is 6.42 Å². The Morgan fingerprint density at radius 3 is 2.60 bits per heavy atom. The van der Waals surface area contributed by atoms with Gasteiger partial charge in [0.05, 0.1) is 20.1 Å². The van der Waals surface area contributed by atoms with Gasteiger partial charge in [0, 0.05) is 26.3 Å². The average Bonchev–Trinajstić information content (AvgIpc) is 2.47. The minimum absolute atomic E-state index is 0.0787. The number of rotatable bonds is 7. The third-order valence-corrected chi connectivity index (χ3v) is 2.56. The number of H-pyrrole nitrogens is 1. The van der Waals surface area contributed by atoms with Crippen molar-refractivity contribution in [3.8, 4) is 0 Å². The lowest BCUT2D eigenvalue weighted by Gasteiger charge is -2.21. The van der Waals surface area contributed by atoms with Gasteiger partial charge in [-0.15, -0.1) is 0 Å². The first kappa shape index (κ1) is 15.8. The molecule has 0 spiro atoms. The zero-order valence-electron chi connectivity index (χ0n) is 11.4. The van der Waals surface area contributed by atoms with E-state index in [-0.39, 0.29) is 30.1 Å². The summed E-state index contributed by atoms with van der Waals surface area (Å²) >= 11 is 0. The summed E-state index contributed by atoms with van der Waals surface area (Å²) in [6.07, 6.45) is 0.0787. The zero-order valence-corrected chi connectivity index (χ0v) is 11.4. The van der Waals surface area contributed by atoms with E-state index in [1.165, 1.54) is 31.3 Å². The van der Waals surface area contributed by atoms with E-state index in [0.717, 1.165) is 0 Å². The minimum atomic E-state index is -0.408. The lowest BCUT2D eigenvalue weighted by molar-refractivity contribution is -0.140. The summed E-state index contributed by atoms with van der Waals surface area (Å²) in [5.74, 6) is -0.795. The summed E-state index contributed by atoms with van der Waals surface area (Å²) in [6, 6.07) is 2.55. The topological polar surface area (TPSA) is 102 Å². The van der Waals surface area contributed by atoms with Crippen LogP contribution in [0.3, 0.4) is 0 Å². The summed E-state index contributed by atoms with van der Waals surface area (Å²) in [4.78, 5) is 35.7. The SMILES string of the molecule is COCCN(CCC(=O)OC)C(=O)c1ccc(=O)[nH]n1. The van der Waals surface area contributed by atoms with Gasteiger partial charge in [0.1, 0.15) is 5.69 Å². The molecule has 1 amide bonds. The first-order valence-electron chi connectivity index (χ1n) is 5.99. The first-order chi connectivity index (χ1) is 9.58. The largest absolute Gasteiger partial charge is 0.469 e. The number of hydrogen-bond acceptors (Lipinski definition) is 6. The standard InChI is InChI=1S/C12H17N3O5/c1-19-8-7-15(6-5-11(17)20-2)12(18)9-3-4-10(16)14-13-9/h3-4H,5-8H2,1-2H3,(H,14,16). The van der Waals surface area contributed by atoms with Crippen LogP contribution in [0.25, 0.3) is 0 Å². The summed E-state index contributed by atoms with van der Waals surface area (Å²) in [6.45, 7) is 0.832. The number of esters is 1. The van der Waals surface area contributed by atoms with Crippen LogP contribution in [0, 0.1) is 0 Å². The van der Waals surface area contributed by atoms with Gasteiger partial charge in [0.15, 0.2) is 0 Å². The van der Waals surface area contributed by atoms with Crippen molar-refractivity contribution in [1.82, 2.24) is 15.1 Å². The van der Waals surface area contributed by atoms with Gasteiger partial charge in [-0.3, -0.25) is 14.4 Å². The third kappa shape index (κ3) is 4.81. The second-order valence-corrected chi connectivity index (χ2v) is 3.92. The third-order valence-electron chi connectivity index (χ3n) is 2.56. The monoisotopic (exact) mass is 283 g/mol. The van der Waals surface area contributed by atoms with Gasteiger partial charge in [-0.25, -0.2) is 5.10 Å². The fraction of sp³-hybridized carbons (Fsp3) is 0.500. The van der Waals surface area contributed by atoms with Gasteiger partial charge in [-0.1, -0.05) is 0 Å². The molecule has 0 radical (unpaired) electrons. The van der Waals surface area contributed by atoms with Gasteiger partial charge in [-0.2, -0.15) is 5.10 Å². The van der Waals surface area contributed by atoms with Gasteiger partial charge >= 0.3 is 5.97 Å². The quantitative estimate of drug-likeness (QED) is 0.672. The van der Waals surface area contributed by atoms with Crippen LogP contribution in [0.15, 0.2) is 16.9 Å². The van der Waals surface area contributed by atoms with Crippen LogP contribution in [0.5, 0.6) is 0 Å². The highest BCUT2D eigenvalue weighted by molar-refractivity contribution is 5.92. The Morgan fingerprint density at radius 2 is 2.05 bits per heavy atom. The van der Waals surface area contributed by atoms with Crippen LogP contribution >= 0.6 is 0 Å². The summed E-state index contributed by atoms with van der Waals surface area (Å²) in [5, 5.41) is 5.86. The van der Waals surface area contributed by atoms with E-state index in [1.54, 1.807) is 0 Å². The average molecular weight is 283 g/mol. The van der Waals surface area contributed by atoms with Crippen LogP contribution in [0.4, 0.5) is 0 Å². The highest BCUT2D eigenvalue weighted by Crippen LogP contribution is 2.02. The van der Waals surface area contributed by atoms with Crippen molar-refractivity contribution < 1.29 is 19.1 Å². The van der Waals surface area contributed by atoms with Crippen molar-refractivity contribution in [3.05, 3.63) is 28.2 Å². The van der Waals surface area contributed by atoms with Gasteiger partial charge < -0.3 is 14.4 Å². The number of carbonyl (C=O) groups is 2. The van der Waals surface area contributed by atoms with E-state index in [0.29, 0.717) is 13.2 Å². The molecule has 1 aromatic rings. The van der Waals surface area contributed by atoms with Crippen LogP contribution < -0.4 is 5.56 Å². The molecule has 1 heterocycles. The summed E-state index contributed by atoms with van der Waals surface area (Å²) in [7, 11) is 2.80. The highest BCUT2D eigenvalue weighted by atomic mass is 16.5. The van der Waals surface area contributed by atoms with E-state index in [4.69, 9.17) is 4.74 Å². The molecule has 0 aliphatic carbocycles. The predicted octanol–water partition coefficient (Wildman–Crippen LogP) is -0.578. The molecular weight excluding hydrogens is 266 g/mol. The maximum atomic E-state index is 12.2. The normalized spacial score (nSPS) is 10.1. The number of nitrogens with zero attached hydrogens (tertiary/aromatic N) is 2. The fourth-order valence-electron chi connectivity index (χ4n) is 1.47. The number of aromatic nitrogens is 2. The molecule has 0 aliphatic heterocycles. The molecule has 1 N–H and O–H groups in total. The maximum absolute atomic E-state index is 12.2. The second-order valence-electron chi connectivity index (χ2n) is 3.92. The molecule has 0 aromatic carbocycles. The number of nitrogens with one attached hydrogen (secondary N) is 1. The number of methoxy groups -OCH3 is 2. The molecular formula is C12H17N3O5. The van der Waals surface area contributed by atoms with Crippen molar-refractivity contribution in [3.63, 3.8) is 0 Å². The first-order valence-corrected chi connectivity index (χ1v) is 5.99. The Hall–Kier alpha value is -2.22. The Balaban J connectivity index is 2.75. The molecule has 8 nitrogen and oxygen atoms in total. The number of hydrogen-bond donors (Lipinski definition) is 1. The number of aromatic amines is 1. The Kier molecular flexibility index (Phi) is 6.38. The van der Waals surface area contributed by atoms with E-state index in [2.05, 4.69) is 14.9 Å². The van der Waals surface area contributed by atoms with Crippen LogP contribution in [-0.4, -0.2) is 60.9 Å². The summed E-state index contributed by atoms with van der Waals surface area (Å²) < 4.78 is 9.46. The molecule has 0 atom stereocenters. The molecule has 20 heavy (non-hydrogen) atoms. The van der Waals surface area contributed by atoms with E-state index >= 15 is 0 Å². The number of ether oxygens (including phenoxy) is 2. The van der Waals surface area contributed by atoms with E-state index in [1.807, 2.05) is 0 Å². The molecule has 8 heteroatoms. The van der Waals surface area contributed by atoms with Gasteiger partial charge in [0.25, 0.3) is 11.5 Å². The Bertz CT molecular complexity index is 494. The Morgan fingerprint density at radius 1 is 1.30 bits per heavy atom. The van der Waals surface area contributed by atoms with E-state index in [9.17, 15) is 14.4 Å². The smallest absolute Gasteiger partial charge is 0.307 e. The highest BCUT2D eigenvalue weighted by Gasteiger charge is 2.18. The number of amides is 1. The lowest BCUT2D eigenvalue weighted by atomic mass is 10.3. The van der Waals surface area contributed by atoms with Gasteiger partial charge in [0.2, 0.25) is 0 Å². The van der Waals surface area contributed by atoms with Crippen molar-refractivity contribution in [1.29, 1.82) is 0 Å². The molecule has 110 valence electrons. The van der Waals surface area contributed by atoms with Crippen molar-refractivity contribution in [2.75, 3.05) is 33.9 Å². The fourth-order valence-corrected chi connectivity index (χ4v) is 1.47. The zero-order chi connectivity index (χ0) is 15.0. The molecule has 0 fully saturated rings. The molecule has 0 saturated carbocycles. The number of carbonyl (C=O) groups excluding carboxylic acids is 2. The molecule has 0 aliphatic rings. The molecule has 1 rings (SSSR count). The van der Waals surface area contributed by atoms with Gasteiger partial charge in [-0.05, 0) is 6.07 Å².